The molecule has 1 fully saturated rings. The number of aromatic nitrogens is 1. The molecule has 2 N–H and O–H groups in total. The van der Waals surface area contributed by atoms with Gasteiger partial charge in [-0.15, -0.1) is 0 Å². The molecule has 1 aromatic carbocycles. The largest absolute Gasteiger partial charge is 0.342 e. The van der Waals surface area contributed by atoms with Gasteiger partial charge in [-0.1, -0.05) is 25.3 Å². The number of benzene rings is 1. The van der Waals surface area contributed by atoms with Gasteiger partial charge in [-0.05, 0) is 44.2 Å². The predicted octanol–water partition coefficient (Wildman–Crippen LogP) is 3.82. The molecular formula is C22H26FN5O. The normalized spacial score (nSPS) is 17.4. The zero-order valence-electron chi connectivity index (χ0n) is 17.0. The van der Waals surface area contributed by atoms with Crippen LogP contribution in [0.15, 0.2) is 47.5 Å². The van der Waals surface area contributed by atoms with E-state index in [0.717, 1.165) is 12.0 Å². The van der Waals surface area contributed by atoms with E-state index < -0.39 is 5.82 Å². The van der Waals surface area contributed by atoms with Gasteiger partial charge in [-0.3, -0.25) is 9.36 Å². The summed E-state index contributed by atoms with van der Waals surface area (Å²) in [5.74, 6) is 0.0749. The molecule has 2 unspecified atom stereocenters. The van der Waals surface area contributed by atoms with E-state index in [9.17, 15) is 9.18 Å². The molecule has 2 atom stereocenters. The molecule has 0 aliphatic heterocycles. The maximum absolute atomic E-state index is 14.5. The Morgan fingerprint density at radius 3 is 2.66 bits per heavy atom. The second kappa shape index (κ2) is 7.95. The molecule has 3 rings (SSSR count). The lowest BCUT2D eigenvalue weighted by Crippen LogP contribution is -2.32. The first-order valence-electron chi connectivity index (χ1n) is 9.35. The quantitative estimate of drug-likeness (QED) is 0.527. The minimum Gasteiger partial charge on any atom is -0.342 e. The van der Waals surface area contributed by atoms with Crippen LogP contribution in [0.4, 0.5) is 21.6 Å². The van der Waals surface area contributed by atoms with Gasteiger partial charge in [0, 0.05) is 24.9 Å². The van der Waals surface area contributed by atoms with Crippen LogP contribution in [0.25, 0.3) is 6.08 Å². The number of anilines is 3. The first-order chi connectivity index (χ1) is 13.8. The molecule has 1 aliphatic rings. The van der Waals surface area contributed by atoms with Crippen LogP contribution < -0.4 is 21.2 Å². The highest BCUT2D eigenvalue weighted by molar-refractivity contribution is 5.82. The van der Waals surface area contributed by atoms with E-state index >= 15 is 0 Å². The van der Waals surface area contributed by atoms with Crippen molar-refractivity contribution in [2.75, 3.05) is 10.2 Å². The van der Waals surface area contributed by atoms with Crippen molar-refractivity contribution in [3.63, 3.8) is 0 Å². The first kappa shape index (κ1) is 20.4. The lowest BCUT2D eigenvalue weighted by molar-refractivity contribution is 0.630. The number of hydrogen-bond donors (Lipinski definition) is 2. The number of hydrazone groups is 1. The van der Waals surface area contributed by atoms with Gasteiger partial charge in [-0.25, -0.2) is 4.39 Å². The van der Waals surface area contributed by atoms with E-state index in [1.54, 1.807) is 32.3 Å². The molecule has 1 heterocycles. The zero-order valence-corrected chi connectivity index (χ0v) is 17.0. The zero-order chi connectivity index (χ0) is 21.3. The molecule has 0 radical (unpaired) electrons. The minimum atomic E-state index is -0.390. The Morgan fingerprint density at radius 2 is 2.07 bits per heavy atom. The van der Waals surface area contributed by atoms with E-state index in [4.69, 9.17) is 0 Å². The van der Waals surface area contributed by atoms with Gasteiger partial charge >= 0.3 is 0 Å². The summed E-state index contributed by atoms with van der Waals surface area (Å²) in [7, 11) is 1.65. The predicted molar refractivity (Wildman–Crippen MR) is 118 cm³/mol. The molecule has 0 bridgehead atoms. The Morgan fingerprint density at radius 1 is 1.34 bits per heavy atom. The van der Waals surface area contributed by atoms with Crippen LogP contribution in [0.5, 0.6) is 0 Å². The molecule has 1 saturated carbocycles. The summed E-state index contributed by atoms with van der Waals surface area (Å²) in [6.45, 7) is 14.9. The van der Waals surface area contributed by atoms with E-state index in [1.165, 1.54) is 10.6 Å². The number of nitrogens with zero attached hydrogens (tertiary/aromatic N) is 3. The van der Waals surface area contributed by atoms with Crippen molar-refractivity contribution in [3.8, 4) is 0 Å². The summed E-state index contributed by atoms with van der Waals surface area (Å²) in [5, 5.41) is 6.83. The molecule has 29 heavy (non-hydrogen) atoms. The number of halogens is 1. The summed E-state index contributed by atoms with van der Waals surface area (Å²) in [6, 6.07) is 5.13. The lowest BCUT2D eigenvalue weighted by atomic mass is 10.1. The van der Waals surface area contributed by atoms with Gasteiger partial charge in [0.05, 0.1) is 23.5 Å². The van der Waals surface area contributed by atoms with Crippen LogP contribution >= 0.6 is 0 Å². The van der Waals surface area contributed by atoms with E-state index in [2.05, 4.69) is 35.7 Å². The maximum Gasteiger partial charge on any atom is 0.256 e. The van der Waals surface area contributed by atoms with Crippen molar-refractivity contribution in [2.24, 2.45) is 12.1 Å². The molecule has 7 heteroatoms. The second-order valence-corrected chi connectivity index (χ2v) is 7.20. The first-order valence-corrected chi connectivity index (χ1v) is 9.35. The van der Waals surface area contributed by atoms with Gasteiger partial charge < -0.3 is 15.6 Å². The Labute approximate surface area is 170 Å². The number of hydrogen-bond acceptors (Lipinski definition) is 5. The summed E-state index contributed by atoms with van der Waals surface area (Å²) in [4.78, 5) is 14.9. The van der Waals surface area contributed by atoms with Crippen molar-refractivity contribution in [3.05, 3.63) is 70.4 Å². The van der Waals surface area contributed by atoms with Crippen LogP contribution in [-0.4, -0.2) is 23.4 Å². The van der Waals surface area contributed by atoms with Crippen molar-refractivity contribution in [1.82, 2.24) is 9.99 Å². The molecular weight excluding hydrogens is 369 g/mol. The Kier molecular flexibility index (Phi) is 5.59. The van der Waals surface area contributed by atoms with E-state index in [0.29, 0.717) is 22.6 Å². The van der Waals surface area contributed by atoms with Gasteiger partial charge in [0.15, 0.2) is 0 Å². The smallest absolute Gasteiger partial charge is 0.256 e. The number of nitrogens with one attached hydrogen (secondary N) is 2. The van der Waals surface area contributed by atoms with Crippen LogP contribution in [0, 0.1) is 19.7 Å². The van der Waals surface area contributed by atoms with Crippen molar-refractivity contribution >= 4 is 30.0 Å². The molecule has 152 valence electrons. The molecule has 2 aromatic rings. The average Bonchev–Trinajstić information content (AvgIpc) is 3.45. The summed E-state index contributed by atoms with van der Waals surface area (Å²) < 4.78 is 15.9. The highest BCUT2D eigenvalue weighted by atomic mass is 19.1. The number of aryl methyl sites for hydroxylation is 1. The minimum absolute atomic E-state index is 0.0893. The van der Waals surface area contributed by atoms with Gasteiger partial charge in [0.25, 0.3) is 5.56 Å². The Bertz CT molecular complexity index is 1040. The summed E-state index contributed by atoms with van der Waals surface area (Å²) in [6.07, 6.45) is 4.20. The standard InChI is InChI=1S/C22H26FN5O/c1-7-15-20(28(8-2)19-12-18(19)26-24-5)14(4)22(29)27(6)21(15)25-17-10-9-13(3)11-16(17)23/h7-11,18-19,25-26H,1-2,5,12H2,3-4,6H3. The van der Waals surface area contributed by atoms with Crippen molar-refractivity contribution in [1.29, 1.82) is 0 Å². The van der Waals surface area contributed by atoms with Crippen LogP contribution in [-0.2, 0) is 7.05 Å². The monoisotopic (exact) mass is 395 g/mol. The number of pyridine rings is 1. The van der Waals surface area contributed by atoms with E-state index in [1.807, 2.05) is 17.9 Å². The SMILES string of the molecule is C=Cc1c(N(C=C)C2CC2NN=C)c(C)c(=O)n(C)c1Nc1ccc(C)cc1F. The Hall–Kier alpha value is -3.35. The lowest BCUT2D eigenvalue weighted by Gasteiger charge is -2.27. The van der Waals surface area contributed by atoms with Gasteiger partial charge in [0.2, 0.25) is 0 Å². The fraction of sp³-hybridized carbons (Fsp3) is 0.273. The fourth-order valence-corrected chi connectivity index (χ4v) is 3.61. The molecule has 0 saturated heterocycles. The van der Waals surface area contributed by atoms with Crippen LogP contribution in [0.2, 0.25) is 0 Å². The average molecular weight is 395 g/mol. The van der Waals surface area contributed by atoms with Crippen LogP contribution in [0.1, 0.15) is 23.1 Å². The van der Waals surface area contributed by atoms with E-state index in [-0.39, 0.29) is 23.3 Å². The number of rotatable bonds is 8. The molecule has 6 nitrogen and oxygen atoms in total. The second-order valence-electron chi connectivity index (χ2n) is 7.20. The third-order valence-corrected chi connectivity index (χ3v) is 5.23. The molecule has 0 spiro atoms. The maximum atomic E-state index is 14.5. The highest BCUT2D eigenvalue weighted by Gasteiger charge is 2.42. The van der Waals surface area contributed by atoms with Crippen LogP contribution in [0.3, 0.4) is 0 Å². The summed E-state index contributed by atoms with van der Waals surface area (Å²) >= 11 is 0. The molecule has 1 aromatic heterocycles. The van der Waals surface area contributed by atoms with Gasteiger partial charge in [0.1, 0.15) is 11.6 Å². The molecule has 0 amide bonds. The third-order valence-electron chi connectivity index (χ3n) is 5.23. The summed E-state index contributed by atoms with van der Waals surface area (Å²) in [5.41, 5.74) is 5.84. The fourth-order valence-electron chi connectivity index (χ4n) is 3.61. The van der Waals surface area contributed by atoms with Crippen molar-refractivity contribution in [2.45, 2.75) is 32.4 Å². The Balaban J connectivity index is 2.15. The van der Waals surface area contributed by atoms with Gasteiger partial charge in [-0.2, -0.15) is 5.10 Å². The van der Waals surface area contributed by atoms with Crippen molar-refractivity contribution < 1.29 is 4.39 Å². The topological polar surface area (TPSA) is 61.7 Å². The molecule has 1 aliphatic carbocycles. The highest BCUT2D eigenvalue weighted by Crippen LogP contribution is 2.39. The third kappa shape index (κ3) is 3.68.